The first-order valence-electron chi connectivity index (χ1n) is 6.34. The van der Waals surface area contributed by atoms with Crippen LogP contribution >= 0.6 is 0 Å². The standard InChI is InChI=1S/C14H20N4O/c1-4-9-17-14(15-5-2)18-11-12-8-7-10-16-13(12)19-6-3/h1,7-8,10H,5-6,9,11H2,2-3H3,(H2,15,17,18). The third-order valence-electron chi connectivity index (χ3n) is 2.24. The number of hydrogen-bond acceptors (Lipinski definition) is 3. The average molecular weight is 260 g/mol. The molecule has 5 heteroatoms. The van der Waals surface area contributed by atoms with Gasteiger partial charge in [-0.25, -0.2) is 9.98 Å². The Balaban J connectivity index is 2.73. The maximum Gasteiger partial charge on any atom is 0.218 e. The lowest BCUT2D eigenvalue weighted by Crippen LogP contribution is -2.37. The van der Waals surface area contributed by atoms with E-state index in [4.69, 9.17) is 11.2 Å². The molecular weight excluding hydrogens is 240 g/mol. The van der Waals surface area contributed by atoms with E-state index in [1.165, 1.54) is 0 Å². The maximum atomic E-state index is 5.46. The summed E-state index contributed by atoms with van der Waals surface area (Å²) in [5, 5.41) is 6.15. The maximum absolute atomic E-state index is 5.46. The minimum atomic E-state index is 0.442. The molecule has 0 aliphatic heterocycles. The van der Waals surface area contributed by atoms with Gasteiger partial charge in [0.15, 0.2) is 5.96 Å². The van der Waals surface area contributed by atoms with Crippen LogP contribution in [0, 0.1) is 12.3 Å². The van der Waals surface area contributed by atoms with Crippen molar-refractivity contribution in [2.45, 2.75) is 20.4 Å². The molecule has 0 radical (unpaired) electrons. The van der Waals surface area contributed by atoms with Crippen molar-refractivity contribution >= 4 is 5.96 Å². The summed E-state index contributed by atoms with van der Waals surface area (Å²) < 4.78 is 5.46. The molecule has 0 aromatic carbocycles. The number of aromatic nitrogens is 1. The normalized spacial score (nSPS) is 10.7. The molecule has 1 aromatic heterocycles. The molecule has 1 rings (SSSR count). The Labute approximate surface area is 114 Å². The summed E-state index contributed by atoms with van der Waals surface area (Å²) >= 11 is 0. The highest BCUT2D eigenvalue weighted by atomic mass is 16.5. The average Bonchev–Trinajstić information content (AvgIpc) is 2.43. The summed E-state index contributed by atoms with van der Waals surface area (Å²) in [6.07, 6.45) is 6.93. The van der Waals surface area contributed by atoms with Crippen molar-refractivity contribution in [3.05, 3.63) is 23.9 Å². The quantitative estimate of drug-likeness (QED) is 0.458. The molecule has 0 aliphatic rings. The van der Waals surface area contributed by atoms with Crippen LogP contribution < -0.4 is 15.4 Å². The van der Waals surface area contributed by atoms with E-state index in [1.54, 1.807) is 6.20 Å². The highest BCUT2D eigenvalue weighted by molar-refractivity contribution is 5.80. The molecular formula is C14H20N4O. The smallest absolute Gasteiger partial charge is 0.218 e. The van der Waals surface area contributed by atoms with Crippen molar-refractivity contribution in [1.29, 1.82) is 0 Å². The first-order chi connectivity index (χ1) is 9.31. The molecule has 0 saturated carbocycles. The van der Waals surface area contributed by atoms with Crippen LogP contribution in [-0.2, 0) is 6.54 Å². The van der Waals surface area contributed by atoms with Crippen LogP contribution in [-0.4, -0.2) is 30.6 Å². The Kier molecular flexibility index (Phi) is 6.88. The molecule has 0 aliphatic carbocycles. The number of nitrogens with zero attached hydrogens (tertiary/aromatic N) is 2. The van der Waals surface area contributed by atoms with Crippen molar-refractivity contribution < 1.29 is 4.74 Å². The van der Waals surface area contributed by atoms with Crippen molar-refractivity contribution in [3.63, 3.8) is 0 Å². The fraction of sp³-hybridized carbons (Fsp3) is 0.429. The molecule has 0 fully saturated rings. The molecule has 0 bridgehead atoms. The zero-order chi connectivity index (χ0) is 13.9. The van der Waals surface area contributed by atoms with Gasteiger partial charge in [-0.2, -0.15) is 0 Å². The second-order valence-electron chi connectivity index (χ2n) is 3.65. The van der Waals surface area contributed by atoms with Gasteiger partial charge in [0.25, 0.3) is 0 Å². The largest absolute Gasteiger partial charge is 0.478 e. The topological polar surface area (TPSA) is 58.5 Å². The van der Waals surface area contributed by atoms with Crippen LogP contribution in [0.3, 0.4) is 0 Å². The number of ether oxygens (including phenoxy) is 1. The summed E-state index contributed by atoms with van der Waals surface area (Å²) in [6, 6.07) is 3.82. The fourth-order valence-electron chi connectivity index (χ4n) is 1.45. The number of terminal acetylenes is 1. The second-order valence-corrected chi connectivity index (χ2v) is 3.65. The molecule has 0 spiro atoms. The number of pyridine rings is 1. The minimum absolute atomic E-state index is 0.442. The van der Waals surface area contributed by atoms with Gasteiger partial charge in [0, 0.05) is 18.3 Å². The van der Waals surface area contributed by atoms with Crippen LogP contribution in [0.2, 0.25) is 0 Å². The molecule has 1 aromatic rings. The van der Waals surface area contributed by atoms with Gasteiger partial charge in [0.1, 0.15) is 0 Å². The van der Waals surface area contributed by atoms with Gasteiger partial charge >= 0.3 is 0 Å². The SMILES string of the molecule is C#CCNC(=NCc1cccnc1OCC)NCC. The van der Waals surface area contributed by atoms with Crippen LogP contribution in [0.25, 0.3) is 0 Å². The summed E-state index contributed by atoms with van der Waals surface area (Å²) in [6.45, 7) is 6.23. The van der Waals surface area contributed by atoms with E-state index in [2.05, 4.69) is 26.5 Å². The number of rotatable bonds is 6. The Bertz CT molecular complexity index is 451. The third-order valence-corrected chi connectivity index (χ3v) is 2.24. The lowest BCUT2D eigenvalue weighted by atomic mass is 10.3. The van der Waals surface area contributed by atoms with Gasteiger partial charge in [-0.05, 0) is 19.9 Å². The number of hydrogen-bond donors (Lipinski definition) is 2. The first kappa shape index (κ1) is 14.8. The van der Waals surface area contributed by atoms with Gasteiger partial charge < -0.3 is 15.4 Å². The molecule has 5 nitrogen and oxygen atoms in total. The molecule has 0 unspecified atom stereocenters. The van der Waals surface area contributed by atoms with E-state index < -0.39 is 0 Å². The lowest BCUT2D eigenvalue weighted by Gasteiger charge is -2.10. The summed E-state index contributed by atoms with van der Waals surface area (Å²) in [7, 11) is 0. The highest BCUT2D eigenvalue weighted by Crippen LogP contribution is 2.14. The number of guanidine groups is 1. The second kappa shape index (κ2) is 8.81. The Morgan fingerprint density at radius 2 is 2.32 bits per heavy atom. The zero-order valence-corrected chi connectivity index (χ0v) is 11.4. The van der Waals surface area contributed by atoms with E-state index in [-0.39, 0.29) is 0 Å². The molecule has 19 heavy (non-hydrogen) atoms. The molecule has 0 saturated heterocycles. The highest BCUT2D eigenvalue weighted by Gasteiger charge is 2.03. The zero-order valence-electron chi connectivity index (χ0n) is 11.4. The fourth-order valence-corrected chi connectivity index (χ4v) is 1.45. The first-order valence-corrected chi connectivity index (χ1v) is 6.34. The summed E-state index contributed by atoms with van der Waals surface area (Å²) in [5.74, 6) is 3.83. The van der Waals surface area contributed by atoms with Gasteiger partial charge in [-0.3, -0.25) is 0 Å². The summed E-state index contributed by atoms with van der Waals surface area (Å²) in [5.41, 5.74) is 0.947. The van der Waals surface area contributed by atoms with Crippen LogP contribution in [0.15, 0.2) is 23.3 Å². The van der Waals surface area contributed by atoms with Gasteiger partial charge in [0.2, 0.25) is 5.88 Å². The third kappa shape index (κ3) is 5.30. The number of nitrogens with one attached hydrogen (secondary N) is 2. The van der Waals surface area contributed by atoms with E-state index in [1.807, 2.05) is 26.0 Å². The van der Waals surface area contributed by atoms with Gasteiger partial charge in [-0.1, -0.05) is 12.0 Å². The van der Waals surface area contributed by atoms with Crippen molar-refractivity contribution in [2.75, 3.05) is 19.7 Å². The lowest BCUT2D eigenvalue weighted by molar-refractivity contribution is 0.323. The van der Waals surface area contributed by atoms with Gasteiger partial charge in [0.05, 0.1) is 19.7 Å². The van der Waals surface area contributed by atoms with Crippen LogP contribution in [0.1, 0.15) is 19.4 Å². The molecule has 2 N–H and O–H groups in total. The molecule has 0 atom stereocenters. The van der Waals surface area contributed by atoms with Crippen LogP contribution in [0.5, 0.6) is 5.88 Å². The van der Waals surface area contributed by atoms with Crippen LogP contribution in [0.4, 0.5) is 0 Å². The van der Waals surface area contributed by atoms with E-state index in [0.717, 1.165) is 12.1 Å². The monoisotopic (exact) mass is 260 g/mol. The van der Waals surface area contributed by atoms with Crippen molar-refractivity contribution in [2.24, 2.45) is 4.99 Å². The predicted molar refractivity (Wildman–Crippen MR) is 77.1 cm³/mol. The molecule has 102 valence electrons. The number of aliphatic imine (C=N–C) groups is 1. The van der Waals surface area contributed by atoms with E-state index in [9.17, 15) is 0 Å². The van der Waals surface area contributed by atoms with Crippen molar-refractivity contribution in [1.82, 2.24) is 15.6 Å². The Morgan fingerprint density at radius 1 is 1.47 bits per heavy atom. The molecule has 1 heterocycles. The molecule has 0 amide bonds. The Hall–Kier alpha value is -2.22. The van der Waals surface area contributed by atoms with E-state index in [0.29, 0.717) is 31.5 Å². The predicted octanol–water partition coefficient (Wildman–Crippen LogP) is 1.17. The van der Waals surface area contributed by atoms with Crippen molar-refractivity contribution in [3.8, 4) is 18.2 Å². The van der Waals surface area contributed by atoms with Gasteiger partial charge in [-0.15, -0.1) is 6.42 Å². The van der Waals surface area contributed by atoms with E-state index >= 15 is 0 Å². The summed E-state index contributed by atoms with van der Waals surface area (Å²) in [4.78, 5) is 8.63. The minimum Gasteiger partial charge on any atom is -0.478 e. The Morgan fingerprint density at radius 3 is 3.00 bits per heavy atom.